The maximum absolute atomic E-state index is 13.6. The quantitative estimate of drug-likeness (QED) is 0.604. The van der Waals surface area contributed by atoms with Gasteiger partial charge in [0, 0.05) is 13.1 Å². The number of amides is 1. The van der Waals surface area contributed by atoms with Crippen LogP contribution in [0.3, 0.4) is 0 Å². The van der Waals surface area contributed by atoms with E-state index in [2.05, 4.69) is 19.1 Å². The molecule has 3 aromatic rings. The lowest BCUT2D eigenvalue weighted by Gasteiger charge is -2.14. The summed E-state index contributed by atoms with van der Waals surface area (Å²) in [6, 6.07) is 15.9. The van der Waals surface area contributed by atoms with E-state index in [1.165, 1.54) is 15.9 Å². The third kappa shape index (κ3) is 4.55. The number of aromatic nitrogens is 1. The molecule has 1 aliphatic heterocycles. The molecule has 1 aliphatic rings. The first-order valence-electron chi connectivity index (χ1n) is 11.3. The summed E-state index contributed by atoms with van der Waals surface area (Å²) in [5, 5.41) is 9.97. The number of aryl methyl sites for hydroxylation is 3. The molecule has 0 unspecified atom stereocenters. The number of nitriles is 1. The van der Waals surface area contributed by atoms with Crippen molar-refractivity contribution in [3.63, 3.8) is 0 Å². The molecule has 6 heteroatoms. The number of nitrogens with zero attached hydrogens (tertiary/aromatic N) is 3. The van der Waals surface area contributed by atoms with Gasteiger partial charge in [-0.05, 0) is 68.0 Å². The van der Waals surface area contributed by atoms with Gasteiger partial charge in [0.2, 0.25) is 0 Å². The Hall–Kier alpha value is -3.43. The van der Waals surface area contributed by atoms with Crippen molar-refractivity contribution in [2.24, 2.45) is 0 Å². The lowest BCUT2D eigenvalue weighted by Crippen LogP contribution is -2.35. The molecular weight excluding hydrogens is 430 g/mol. The molecule has 0 aliphatic carbocycles. The van der Waals surface area contributed by atoms with E-state index < -0.39 is 0 Å². The predicted molar refractivity (Wildman–Crippen MR) is 133 cm³/mol. The molecule has 1 aromatic heterocycles. The summed E-state index contributed by atoms with van der Waals surface area (Å²) in [4.78, 5) is 28.5. The summed E-state index contributed by atoms with van der Waals surface area (Å²) < 4.78 is 2.41. The topological polar surface area (TPSA) is 66.1 Å². The first-order chi connectivity index (χ1) is 15.9. The average Bonchev–Trinajstić information content (AvgIpc) is 3.45. The van der Waals surface area contributed by atoms with Crippen LogP contribution in [0, 0.1) is 25.2 Å². The summed E-state index contributed by atoms with van der Waals surface area (Å²) in [5.74, 6) is -0.298. The van der Waals surface area contributed by atoms with E-state index in [9.17, 15) is 14.9 Å². The van der Waals surface area contributed by atoms with Crippen LogP contribution in [0.1, 0.15) is 42.0 Å². The number of rotatable bonds is 4. The van der Waals surface area contributed by atoms with E-state index in [-0.39, 0.29) is 17.0 Å². The maximum Gasteiger partial charge on any atom is 0.273 e. The Kier molecular flexibility index (Phi) is 6.62. The van der Waals surface area contributed by atoms with Crippen LogP contribution in [0.2, 0.25) is 0 Å². The van der Waals surface area contributed by atoms with Crippen LogP contribution in [0.5, 0.6) is 0 Å². The molecule has 2 aromatic carbocycles. The zero-order chi connectivity index (χ0) is 23.5. The van der Waals surface area contributed by atoms with Crippen LogP contribution in [0.25, 0.3) is 17.3 Å². The summed E-state index contributed by atoms with van der Waals surface area (Å²) in [6.45, 7) is 7.41. The first kappa shape index (κ1) is 22.8. The fraction of sp³-hybridized carbons (Fsp3) is 0.296. The molecule has 1 fully saturated rings. The third-order valence-corrected chi connectivity index (χ3v) is 7.16. The lowest BCUT2D eigenvalue weighted by atomic mass is 10.1. The minimum absolute atomic E-state index is 0.0267. The number of hydrogen-bond acceptors (Lipinski definition) is 4. The van der Waals surface area contributed by atoms with Crippen LogP contribution in [0.15, 0.2) is 47.3 Å². The first-order valence-corrected chi connectivity index (χ1v) is 12.1. The van der Waals surface area contributed by atoms with Gasteiger partial charge in [0.05, 0.1) is 10.2 Å². The second-order valence-electron chi connectivity index (χ2n) is 8.42. The minimum atomic E-state index is -0.298. The fourth-order valence-corrected chi connectivity index (χ4v) is 5.25. The van der Waals surface area contributed by atoms with Crippen LogP contribution in [-0.2, 0) is 11.2 Å². The number of thiazole rings is 1. The number of carbonyl (C=O) groups excluding carboxylic acids is 1. The van der Waals surface area contributed by atoms with Gasteiger partial charge in [0.1, 0.15) is 10.7 Å². The predicted octanol–water partition coefficient (Wildman–Crippen LogP) is 3.20. The Labute approximate surface area is 197 Å². The molecule has 0 atom stereocenters. The highest BCUT2D eigenvalue weighted by atomic mass is 32.1. The molecule has 4 rings (SSSR count). The minimum Gasteiger partial charge on any atom is -0.338 e. The second kappa shape index (κ2) is 9.60. The van der Waals surface area contributed by atoms with Crippen molar-refractivity contribution in [1.82, 2.24) is 9.47 Å². The van der Waals surface area contributed by atoms with Crippen molar-refractivity contribution in [2.45, 2.75) is 40.0 Å². The summed E-state index contributed by atoms with van der Waals surface area (Å²) >= 11 is 1.21. The molecule has 2 heterocycles. The van der Waals surface area contributed by atoms with Crippen LogP contribution in [-0.4, -0.2) is 28.5 Å². The van der Waals surface area contributed by atoms with E-state index in [1.54, 1.807) is 4.90 Å². The molecular formula is C27H27N3O2S. The van der Waals surface area contributed by atoms with E-state index in [0.29, 0.717) is 28.0 Å². The van der Waals surface area contributed by atoms with Crippen molar-refractivity contribution < 1.29 is 4.79 Å². The van der Waals surface area contributed by atoms with Gasteiger partial charge in [0.15, 0.2) is 5.57 Å². The van der Waals surface area contributed by atoms with Crippen molar-refractivity contribution in [3.05, 3.63) is 84.3 Å². The van der Waals surface area contributed by atoms with E-state index in [1.807, 2.05) is 56.3 Å². The standard InChI is InChI=1S/C27H27N3O2S/c1-4-20-8-11-22(12-9-20)30-26(32)24(16-21-10-7-18(2)15-19(21)3)33-27(30)23(17-28)25(31)29-13-5-6-14-29/h7-12,15-16H,4-6,13-14H2,1-3H3/b24-16+,27-23-. The van der Waals surface area contributed by atoms with Crippen LogP contribution in [0.4, 0.5) is 0 Å². The van der Waals surface area contributed by atoms with Gasteiger partial charge >= 0.3 is 0 Å². The van der Waals surface area contributed by atoms with Gasteiger partial charge in [-0.2, -0.15) is 5.26 Å². The van der Waals surface area contributed by atoms with Gasteiger partial charge in [-0.15, -0.1) is 11.3 Å². The normalized spacial score (nSPS) is 15.0. The average molecular weight is 458 g/mol. The highest BCUT2D eigenvalue weighted by Crippen LogP contribution is 2.14. The number of hydrogen-bond donors (Lipinski definition) is 0. The molecule has 168 valence electrons. The smallest absolute Gasteiger partial charge is 0.273 e. The van der Waals surface area contributed by atoms with Crippen molar-refractivity contribution in [1.29, 1.82) is 5.26 Å². The van der Waals surface area contributed by atoms with Crippen molar-refractivity contribution in [3.8, 4) is 11.8 Å². The van der Waals surface area contributed by atoms with Gasteiger partial charge in [0.25, 0.3) is 11.5 Å². The monoisotopic (exact) mass is 457 g/mol. The van der Waals surface area contributed by atoms with Gasteiger partial charge in [-0.1, -0.05) is 42.8 Å². The van der Waals surface area contributed by atoms with Crippen LogP contribution >= 0.6 is 11.3 Å². The summed E-state index contributed by atoms with van der Waals surface area (Å²) in [7, 11) is 0. The largest absolute Gasteiger partial charge is 0.338 e. The van der Waals surface area contributed by atoms with Gasteiger partial charge < -0.3 is 4.90 Å². The van der Waals surface area contributed by atoms with E-state index in [0.717, 1.165) is 41.5 Å². The molecule has 0 bridgehead atoms. The molecule has 0 N–H and O–H groups in total. The molecule has 0 spiro atoms. The van der Waals surface area contributed by atoms with Gasteiger partial charge in [-0.25, -0.2) is 0 Å². The highest BCUT2D eigenvalue weighted by Gasteiger charge is 2.24. The Morgan fingerprint density at radius 2 is 1.82 bits per heavy atom. The molecule has 0 saturated carbocycles. The molecule has 33 heavy (non-hydrogen) atoms. The zero-order valence-electron chi connectivity index (χ0n) is 19.2. The molecule has 0 radical (unpaired) electrons. The van der Waals surface area contributed by atoms with Crippen molar-refractivity contribution >= 4 is 28.9 Å². The van der Waals surface area contributed by atoms with Crippen LogP contribution < -0.4 is 14.8 Å². The second-order valence-corrected chi connectivity index (χ2v) is 9.45. The summed E-state index contributed by atoms with van der Waals surface area (Å²) in [5.41, 5.74) is 4.79. The Bertz CT molecular complexity index is 1420. The fourth-order valence-electron chi connectivity index (χ4n) is 4.16. The zero-order valence-corrected chi connectivity index (χ0v) is 20.0. The lowest BCUT2D eigenvalue weighted by molar-refractivity contribution is -0.123. The summed E-state index contributed by atoms with van der Waals surface area (Å²) in [6.07, 6.45) is 4.62. The third-order valence-electron chi connectivity index (χ3n) is 6.07. The number of benzene rings is 2. The SMILES string of the molecule is CCc1ccc(-n2c(=O)/c(=C\c3ccc(C)cc3C)s/c2=C(/C#N)C(=O)N2CCCC2)cc1. The van der Waals surface area contributed by atoms with E-state index >= 15 is 0 Å². The van der Waals surface area contributed by atoms with Crippen molar-refractivity contribution in [2.75, 3.05) is 13.1 Å². The molecule has 5 nitrogen and oxygen atoms in total. The molecule has 1 saturated heterocycles. The molecule has 1 amide bonds. The van der Waals surface area contributed by atoms with E-state index in [4.69, 9.17) is 0 Å². The Morgan fingerprint density at radius 3 is 2.42 bits per heavy atom. The number of likely N-dealkylation sites (tertiary alicyclic amines) is 1. The Morgan fingerprint density at radius 1 is 1.12 bits per heavy atom. The Balaban J connectivity index is 2.01. The maximum atomic E-state index is 13.6. The highest BCUT2D eigenvalue weighted by molar-refractivity contribution is 7.07. The van der Waals surface area contributed by atoms with Gasteiger partial charge in [-0.3, -0.25) is 14.2 Å². The number of carbonyl (C=O) groups is 1.